The number of hydrogen-bond acceptors (Lipinski definition) is 2. The van der Waals surface area contributed by atoms with Gasteiger partial charge in [0, 0.05) is 12.1 Å². The Hall–Kier alpha value is -2.62. The fourth-order valence-corrected chi connectivity index (χ4v) is 2.60. The summed E-state index contributed by atoms with van der Waals surface area (Å²) in [4.78, 5) is 16.9. The summed E-state index contributed by atoms with van der Waals surface area (Å²) < 4.78 is 1.98. The summed E-state index contributed by atoms with van der Waals surface area (Å²) in [6.45, 7) is 6.15. The molecule has 3 rings (SSSR count). The number of amides is 1. The minimum absolute atomic E-state index is 0.0232. The van der Waals surface area contributed by atoms with Gasteiger partial charge in [0.2, 0.25) is 11.9 Å². The first-order chi connectivity index (χ1) is 10.9. The molecule has 0 fully saturated rings. The van der Waals surface area contributed by atoms with E-state index in [4.69, 9.17) is 0 Å². The number of nitrogens with zero attached hydrogens (tertiary/aromatic N) is 2. The van der Waals surface area contributed by atoms with Crippen LogP contribution >= 0.6 is 0 Å². The average Bonchev–Trinajstić information content (AvgIpc) is 2.83. The number of benzene rings is 2. The van der Waals surface area contributed by atoms with E-state index in [0.29, 0.717) is 12.4 Å². The van der Waals surface area contributed by atoms with Gasteiger partial charge in [0.15, 0.2) is 0 Å². The lowest BCUT2D eigenvalue weighted by molar-refractivity contribution is -0.117. The zero-order valence-electron chi connectivity index (χ0n) is 13.7. The van der Waals surface area contributed by atoms with E-state index in [2.05, 4.69) is 10.3 Å². The van der Waals surface area contributed by atoms with E-state index in [1.165, 1.54) is 0 Å². The number of rotatable bonds is 3. The lowest BCUT2D eigenvalue weighted by Gasteiger charge is -2.17. The highest BCUT2D eigenvalue weighted by atomic mass is 16.1. The van der Waals surface area contributed by atoms with Crippen molar-refractivity contribution in [3.05, 3.63) is 54.6 Å². The van der Waals surface area contributed by atoms with Crippen LogP contribution in [-0.2, 0) is 4.79 Å². The molecular weight excluding hydrogens is 286 g/mol. The zero-order chi connectivity index (χ0) is 16.4. The van der Waals surface area contributed by atoms with Crippen LogP contribution in [0.4, 0.5) is 5.95 Å². The van der Waals surface area contributed by atoms with Crippen LogP contribution in [0.3, 0.4) is 0 Å². The standard InChI is InChI=1S/C19H21N3O/c1-19(2,3)13-17(23)21-18-20-15-11-7-8-12-16(15)22(18)14-9-5-4-6-10-14/h4-12H,13H2,1-3H3,(H,20,21,23). The van der Waals surface area contributed by atoms with Crippen LogP contribution in [0, 0.1) is 5.41 Å². The maximum Gasteiger partial charge on any atom is 0.227 e. The molecular formula is C19H21N3O. The smallest absolute Gasteiger partial charge is 0.227 e. The van der Waals surface area contributed by atoms with Gasteiger partial charge >= 0.3 is 0 Å². The first kappa shape index (κ1) is 15.3. The first-order valence-electron chi connectivity index (χ1n) is 7.77. The van der Waals surface area contributed by atoms with Crippen molar-refractivity contribution in [3.63, 3.8) is 0 Å². The van der Waals surface area contributed by atoms with E-state index in [1.807, 2.05) is 79.9 Å². The lowest BCUT2D eigenvalue weighted by atomic mass is 9.92. The summed E-state index contributed by atoms with van der Waals surface area (Å²) in [5.41, 5.74) is 2.76. The highest BCUT2D eigenvalue weighted by Gasteiger charge is 2.19. The molecule has 118 valence electrons. The molecule has 0 bridgehead atoms. The molecule has 0 saturated carbocycles. The Kier molecular flexibility index (Phi) is 3.90. The molecule has 0 aliphatic rings. The maximum absolute atomic E-state index is 12.3. The van der Waals surface area contributed by atoms with E-state index >= 15 is 0 Å². The van der Waals surface area contributed by atoms with Gasteiger partial charge < -0.3 is 0 Å². The first-order valence-corrected chi connectivity index (χ1v) is 7.77. The van der Waals surface area contributed by atoms with Crippen molar-refractivity contribution >= 4 is 22.9 Å². The SMILES string of the molecule is CC(C)(C)CC(=O)Nc1nc2ccccc2n1-c1ccccc1. The summed E-state index contributed by atoms with van der Waals surface area (Å²) >= 11 is 0. The topological polar surface area (TPSA) is 46.9 Å². The normalized spacial score (nSPS) is 11.6. The highest BCUT2D eigenvalue weighted by Crippen LogP contribution is 2.25. The van der Waals surface area contributed by atoms with Gasteiger partial charge in [0.1, 0.15) is 0 Å². The zero-order valence-corrected chi connectivity index (χ0v) is 13.7. The van der Waals surface area contributed by atoms with Gasteiger partial charge in [-0.2, -0.15) is 0 Å². The van der Waals surface area contributed by atoms with Crippen molar-refractivity contribution in [2.45, 2.75) is 27.2 Å². The summed E-state index contributed by atoms with van der Waals surface area (Å²) in [5, 5.41) is 2.97. The van der Waals surface area contributed by atoms with Gasteiger partial charge in [-0.15, -0.1) is 0 Å². The van der Waals surface area contributed by atoms with Gasteiger partial charge in [-0.05, 0) is 29.7 Å². The van der Waals surface area contributed by atoms with E-state index in [1.54, 1.807) is 0 Å². The van der Waals surface area contributed by atoms with Crippen molar-refractivity contribution in [3.8, 4) is 5.69 Å². The van der Waals surface area contributed by atoms with Crippen molar-refractivity contribution in [2.24, 2.45) is 5.41 Å². The molecule has 0 unspecified atom stereocenters. The van der Waals surface area contributed by atoms with E-state index in [9.17, 15) is 4.79 Å². The molecule has 4 nitrogen and oxygen atoms in total. The third-order valence-corrected chi connectivity index (χ3v) is 3.52. The van der Waals surface area contributed by atoms with Crippen LogP contribution in [0.1, 0.15) is 27.2 Å². The van der Waals surface area contributed by atoms with Crippen molar-refractivity contribution in [1.29, 1.82) is 0 Å². The quantitative estimate of drug-likeness (QED) is 0.779. The van der Waals surface area contributed by atoms with Gasteiger partial charge in [-0.1, -0.05) is 51.1 Å². The van der Waals surface area contributed by atoms with Gasteiger partial charge in [-0.3, -0.25) is 14.7 Å². The third-order valence-electron chi connectivity index (χ3n) is 3.52. The minimum atomic E-state index is -0.0618. The molecule has 0 saturated heterocycles. The summed E-state index contributed by atoms with van der Waals surface area (Å²) in [6, 6.07) is 17.8. The molecule has 0 atom stereocenters. The number of aromatic nitrogens is 2. The molecule has 1 amide bonds. The van der Waals surface area contributed by atoms with E-state index in [0.717, 1.165) is 16.7 Å². The number of fused-ring (bicyclic) bond motifs is 1. The predicted molar refractivity (Wildman–Crippen MR) is 93.8 cm³/mol. The van der Waals surface area contributed by atoms with Gasteiger partial charge in [0.05, 0.1) is 11.0 Å². The van der Waals surface area contributed by atoms with Crippen LogP contribution in [-0.4, -0.2) is 15.5 Å². The fourth-order valence-electron chi connectivity index (χ4n) is 2.60. The van der Waals surface area contributed by atoms with Crippen LogP contribution in [0.25, 0.3) is 16.7 Å². The number of imidazole rings is 1. The second kappa shape index (κ2) is 5.88. The Labute approximate surface area is 136 Å². The van der Waals surface area contributed by atoms with Crippen LogP contribution in [0.15, 0.2) is 54.6 Å². The largest absolute Gasteiger partial charge is 0.296 e. The molecule has 0 spiro atoms. The second-order valence-electron chi connectivity index (χ2n) is 6.88. The average molecular weight is 307 g/mol. The Bertz CT molecular complexity index is 829. The monoisotopic (exact) mass is 307 g/mol. The molecule has 23 heavy (non-hydrogen) atoms. The van der Waals surface area contributed by atoms with Gasteiger partial charge in [-0.25, -0.2) is 4.98 Å². The molecule has 3 aromatic rings. The molecule has 1 heterocycles. The van der Waals surface area contributed by atoms with Crippen molar-refractivity contribution in [2.75, 3.05) is 5.32 Å². The van der Waals surface area contributed by atoms with Crippen LogP contribution in [0.5, 0.6) is 0 Å². The summed E-state index contributed by atoms with van der Waals surface area (Å²) in [5.74, 6) is 0.539. The second-order valence-corrected chi connectivity index (χ2v) is 6.88. The minimum Gasteiger partial charge on any atom is -0.296 e. The Morgan fingerprint density at radius 3 is 2.39 bits per heavy atom. The number of hydrogen-bond donors (Lipinski definition) is 1. The van der Waals surface area contributed by atoms with Crippen LogP contribution in [0.2, 0.25) is 0 Å². The number of carbonyl (C=O) groups is 1. The maximum atomic E-state index is 12.3. The molecule has 0 aliphatic carbocycles. The van der Waals surface area contributed by atoms with Crippen molar-refractivity contribution < 1.29 is 4.79 Å². The fraction of sp³-hybridized carbons (Fsp3) is 0.263. The lowest BCUT2D eigenvalue weighted by Crippen LogP contribution is -2.21. The molecule has 2 aromatic carbocycles. The van der Waals surface area contributed by atoms with E-state index < -0.39 is 0 Å². The molecule has 1 aromatic heterocycles. The van der Waals surface area contributed by atoms with Crippen LogP contribution < -0.4 is 5.32 Å². The van der Waals surface area contributed by atoms with Crippen molar-refractivity contribution in [1.82, 2.24) is 9.55 Å². The number of carbonyl (C=O) groups excluding carboxylic acids is 1. The Morgan fingerprint density at radius 2 is 1.70 bits per heavy atom. The molecule has 0 radical (unpaired) electrons. The molecule has 1 N–H and O–H groups in total. The number of nitrogens with one attached hydrogen (secondary N) is 1. The number of anilines is 1. The van der Waals surface area contributed by atoms with Gasteiger partial charge in [0.25, 0.3) is 0 Å². The molecule has 0 aliphatic heterocycles. The van der Waals surface area contributed by atoms with E-state index in [-0.39, 0.29) is 11.3 Å². The Balaban J connectivity index is 2.05. The summed E-state index contributed by atoms with van der Waals surface area (Å²) in [7, 11) is 0. The predicted octanol–water partition coefficient (Wildman–Crippen LogP) is 4.40. The third kappa shape index (κ3) is 3.42. The highest BCUT2D eigenvalue weighted by molar-refractivity contribution is 5.92. The molecule has 4 heteroatoms. The number of para-hydroxylation sites is 3. The summed E-state index contributed by atoms with van der Waals surface area (Å²) in [6.07, 6.45) is 0.449. The Morgan fingerprint density at radius 1 is 1.04 bits per heavy atom.